The van der Waals surface area contributed by atoms with Gasteiger partial charge in [0, 0.05) is 35.0 Å². The van der Waals surface area contributed by atoms with Crippen LogP contribution in [0.15, 0.2) is 121 Å². The minimum atomic E-state index is 0.0298. The second kappa shape index (κ2) is 11.4. The predicted octanol–water partition coefficient (Wildman–Crippen LogP) is 10.7. The number of nitrogens with zero attached hydrogens (tertiary/aromatic N) is 2. The topological polar surface area (TPSA) is 6.48 Å². The molecule has 0 atom stereocenters. The number of rotatable bonds is 3. The first kappa shape index (κ1) is 32.4. The lowest BCUT2D eigenvalue weighted by atomic mass is 9.33. The molecule has 0 amide bonds. The van der Waals surface area contributed by atoms with Gasteiger partial charge < -0.3 is 9.80 Å². The lowest BCUT2D eigenvalue weighted by Gasteiger charge is -2.45. The van der Waals surface area contributed by atoms with E-state index < -0.39 is 0 Å². The van der Waals surface area contributed by atoms with Crippen molar-refractivity contribution in [1.29, 1.82) is 0 Å². The molecule has 6 aromatic rings. The zero-order valence-electron chi connectivity index (χ0n) is 31.2. The molecular weight excluding hydrogens is 603 g/mol. The molecule has 6 aromatic carbocycles. The highest BCUT2D eigenvalue weighted by molar-refractivity contribution is 7.00. The van der Waals surface area contributed by atoms with E-state index >= 15 is 0 Å². The van der Waals surface area contributed by atoms with Crippen molar-refractivity contribution in [1.82, 2.24) is 0 Å². The van der Waals surface area contributed by atoms with Crippen LogP contribution >= 0.6 is 0 Å². The maximum Gasteiger partial charge on any atom is 0.252 e. The second-order valence-electron chi connectivity index (χ2n) is 17.5. The highest BCUT2D eigenvalue weighted by Gasteiger charge is 2.43. The lowest BCUT2D eigenvalue weighted by molar-refractivity contribution is 0.590. The third-order valence-electron chi connectivity index (χ3n) is 11.0. The summed E-state index contributed by atoms with van der Waals surface area (Å²) in [5, 5.41) is 2.60. The Kier molecular flexibility index (Phi) is 7.39. The van der Waals surface area contributed by atoms with E-state index in [2.05, 4.69) is 193 Å². The molecule has 0 aromatic heterocycles. The Morgan fingerprint density at radius 1 is 0.480 bits per heavy atom. The molecule has 0 N–H and O–H groups in total. The lowest BCUT2D eigenvalue weighted by Crippen LogP contribution is -2.62. The summed E-state index contributed by atoms with van der Waals surface area (Å²) in [6, 6.07) is 46.4. The van der Waals surface area contributed by atoms with E-state index in [0.717, 1.165) is 6.54 Å². The molecule has 50 heavy (non-hydrogen) atoms. The van der Waals surface area contributed by atoms with E-state index in [1.165, 1.54) is 77.9 Å². The molecule has 250 valence electrons. The highest BCUT2D eigenvalue weighted by atomic mass is 15.2. The molecule has 0 saturated heterocycles. The Hall–Kier alpha value is -4.76. The van der Waals surface area contributed by atoms with Gasteiger partial charge in [-0.15, -0.1) is 0 Å². The van der Waals surface area contributed by atoms with Crippen LogP contribution < -0.4 is 26.2 Å². The van der Waals surface area contributed by atoms with Gasteiger partial charge in [-0.1, -0.05) is 147 Å². The fourth-order valence-electron chi connectivity index (χ4n) is 8.11. The van der Waals surface area contributed by atoms with Gasteiger partial charge in [0.2, 0.25) is 0 Å². The molecule has 2 nitrogen and oxygen atoms in total. The second-order valence-corrected chi connectivity index (χ2v) is 17.5. The monoisotopic (exact) mass is 652 g/mol. The molecule has 0 saturated carbocycles. The van der Waals surface area contributed by atoms with Gasteiger partial charge in [-0.25, -0.2) is 0 Å². The molecule has 8 rings (SSSR count). The Morgan fingerprint density at radius 2 is 1.08 bits per heavy atom. The van der Waals surface area contributed by atoms with Crippen molar-refractivity contribution in [2.75, 3.05) is 9.80 Å². The van der Waals surface area contributed by atoms with Crippen molar-refractivity contribution in [2.24, 2.45) is 0 Å². The van der Waals surface area contributed by atoms with Crippen LogP contribution in [-0.2, 0) is 22.8 Å². The minimum Gasteiger partial charge on any atom is -0.338 e. The average molecular weight is 653 g/mol. The van der Waals surface area contributed by atoms with Crippen LogP contribution in [0.3, 0.4) is 0 Å². The van der Waals surface area contributed by atoms with Crippen LogP contribution in [0.25, 0.3) is 10.8 Å². The molecule has 0 radical (unpaired) electrons. The Bertz CT molecular complexity index is 2250. The van der Waals surface area contributed by atoms with Gasteiger partial charge in [0.15, 0.2) is 0 Å². The standard InChI is InChI=1S/C47H49BN2/c1-45(2,3)33-20-24-36(25-21-33)50-40-27-23-34(46(4,5)6)28-39(40)48-38-26-22-35(47(7,8)9)29-43(38)49(41-18-13-19-42(50)44(41)48)30-32-16-12-15-31-14-10-11-17-37(31)32/h10-29H,30H2,1-9H3. The van der Waals surface area contributed by atoms with Crippen molar-refractivity contribution in [3.05, 3.63) is 144 Å². The first-order valence-electron chi connectivity index (χ1n) is 18.3. The number of benzene rings is 6. The fourth-order valence-corrected chi connectivity index (χ4v) is 8.11. The zero-order chi connectivity index (χ0) is 35.2. The summed E-state index contributed by atoms with van der Waals surface area (Å²) in [4.78, 5) is 5.13. The van der Waals surface area contributed by atoms with E-state index in [4.69, 9.17) is 0 Å². The van der Waals surface area contributed by atoms with Gasteiger partial charge in [0.05, 0.1) is 0 Å². The van der Waals surface area contributed by atoms with Crippen molar-refractivity contribution in [2.45, 2.75) is 85.1 Å². The molecule has 2 heterocycles. The SMILES string of the molecule is CC(C)(C)c1ccc(N2c3ccc(C(C)(C)C)cc3B3c4ccc(C(C)(C)C)cc4N(Cc4cccc5ccccc45)c4cccc2c43)cc1. The van der Waals surface area contributed by atoms with Crippen LogP contribution in [0.1, 0.15) is 84.6 Å². The summed E-state index contributed by atoms with van der Waals surface area (Å²) in [7, 11) is 0. The van der Waals surface area contributed by atoms with E-state index in [1.54, 1.807) is 0 Å². The van der Waals surface area contributed by atoms with Gasteiger partial charge in [0.1, 0.15) is 0 Å². The van der Waals surface area contributed by atoms with Crippen LogP contribution in [0.5, 0.6) is 0 Å². The van der Waals surface area contributed by atoms with Gasteiger partial charge in [-0.2, -0.15) is 0 Å². The molecule has 0 spiro atoms. The largest absolute Gasteiger partial charge is 0.338 e. The number of hydrogen-bond donors (Lipinski definition) is 0. The summed E-state index contributed by atoms with van der Waals surface area (Å²) in [6.45, 7) is 21.7. The maximum atomic E-state index is 2.61. The molecule has 0 fully saturated rings. The molecule has 2 aliphatic heterocycles. The van der Waals surface area contributed by atoms with Gasteiger partial charge in [0.25, 0.3) is 6.71 Å². The van der Waals surface area contributed by atoms with E-state index in [-0.39, 0.29) is 23.0 Å². The Balaban J connectivity index is 1.41. The van der Waals surface area contributed by atoms with Crippen molar-refractivity contribution in [3.63, 3.8) is 0 Å². The van der Waals surface area contributed by atoms with Crippen LogP contribution in [0.4, 0.5) is 28.4 Å². The van der Waals surface area contributed by atoms with E-state index in [9.17, 15) is 0 Å². The minimum absolute atomic E-state index is 0.0298. The zero-order valence-corrected chi connectivity index (χ0v) is 31.2. The smallest absolute Gasteiger partial charge is 0.252 e. The average Bonchev–Trinajstić information content (AvgIpc) is 3.08. The highest BCUT2D eigenvalue weighted by Crippen LogP contribution is 2.43. The maximum absolute atomic E-state index is 2.61. The fraction of sp³-hybridized carbons (Fsp3) is 0.277. The van der Waals surface area contributed by atoms with Crippen molar-refractivity contribution in [3.8, 4) is 0 Å². The Morgan fingerprint density at radius 3 is 1.80 bits per heavy atom. The molecular formula is C47H49BN2. The molecule has 0 aliphatic carbocycles. The Labute approximate surface area is 299 Å². The van der Waals surface area contributed by atoms with Gasteiger partial charge in [-0.05, 0) is 102 Å². The van der Waals surface area contributed by atoms with E-state index in [1.807, 2.05) is 0 Å². The molecule has 0 unspecified atom stereocenters. The normalized spacial score (nSPS) is 14.1. The molecule has 2 aliphatic rings. The predicted molar refractivity (Wildman–Crippen MR) is 218 cm³/mol. The number of fused-ring (bicyclic) bond motifs is 5. The van der Waals surface area contributed by atoms with Crippen molar-refractivity contribution < 1.29 is 0 Å². The quantitative estimate of drug-likeness (QED) is 0.175. The van der Waals surface area contributed by atoms with Crippen molar-refractivity contribution >= 4 is 62.3 Å². The van der Waals surface area contributed by atoms with Crippen LogP contribution in [0.2, 0.25) is 0 Å². The van der Waals surface area contributed by atoms with E-state index in [0.29, 0.717) is 0 Å². The first-order chi connectivity index (χ1) is 23.7. The summed E-state index contributed by atoms with van der Waals surface area (Å²) < 4.78 is 0. The summed E-state index contributed by atoms with van der Waals surface area (Å²) in [5.74, 6) is 0. The van der Waals surface area contributed by atoms with Crippen LogP contribution in [0, 0.1) is 0 Å². The molecule has 0 bridgehead atoms. The summed E-state index contributed by atoms with van der Waals surface area (Å²) in [5.41, 5.74) is 16.1. The molecule has 3 heteroatoms. The third kappa shape index (κ3) is 5.34. The summed E-state index contributed by atoms with van der Waals surface area (Å²) >= 11 is 0. The van der Waals surface area contributed by atoms with Gasteiger partial charge in [-0.3, -0.25) is 0 Å². The van der Waals surface area contributed by atoms with Gasteiger partial charge >= 0.3 is 0 Å². The van der Waals surface area contributed by atoms with Crippen LogP contribution in [-0.4, -0.2) is 6.71 Å². The number of anilines is 5. The first-order valence-corrected chi connectivity index (χ1v) is 18.3. The third-order valence-corrected chi connectivity index (χ3v) is 11.0. The summed E-state index contributed by atoms with van der Waals surface area (Å²) in [6.07, 6.45) is 0. The number of hydrogen-bond acceptors (Lipinski definition) is 2.